The molecule has 0 aliphatic heterocycles. The van der Waals surface area contributed by atoms with Gasteiger partial charge in [0.2, 0.25) is 0 Å². The Morgan fingerprint density at radius 1 is 1.33 bits per heavy atom. The summed E-state index contributed by atoms with van der Waals surface area (Å²) in [6.07, 6.45) is 0.693. The standard InChI is InChI=1S/C14H19NO3/c1-5-15(6-2)14(17)12-11(9-16)8-7-10(3)13(12)18-4/h7-9H,5-6H2,1-4H3. The molecule has 0 N–H and O–H groups in total. The van der Waals surface area contributed by atoms with E-state index in [0.29, 0.717) is 36.3 Å². The van der Waals surface area contributed by atoms with Crippen LogP contribution in [0.5, 0.6) is 5.75 Å². The molecule has 0 heterocycles. The van der Waals surface area contributed by atoms with E-state index in [1.807, 2.05) is 20.8 Å². The first kappa shape index (κ1) is 14.2. The summed E-state index contributed by atoms with van der Waals surface area (Å²) in [6, 6.07) is 3.43. The van der Waals surface area contributed by atoms with Crippen LogP contribution in [-0.2, 0) is 0 Å². The van der Waals surface area contributed by atoms with Crippen LogP contribution in [0.1, 0.15) is 40.1 Å². The first-order valence-electron chi connectivity index (χ1n) is 6.02. The molecule has 0 aliphatic carbocycles. The van der Waals surface area contributed by atoms with Crippen molar-refractivity contribution < 1.29 is 14.3 Å². The first-order chi connectivity index (χ1) is 8.60. The van der Waals surface area contributed by atoms with Gasteiger partial charge in [0.25, 0.3) is 5.91 Å². The minimum atomic E-state index is -0.164. The SMILES string of the molecule is CCN(CC)C(=O)c1c(C=O)ccc(C)c1OC. The smallest absolute Gasteiger partial charge is 0.258 e. The van der Waals surface area contributed by atoms with Gasteiger partial charge in [-0.15, -0.1) is 0 Å². The Balaban J connectivity index is 3.40. The molecular weight excluding hydrogens is 230 g/mol. The molecule has 18 heavy (non-hydrogen) atoms. The lowest BCUT2D eigenvalue weighted by atomic mass is 10.0. The second kappa shape index (κ2) is 6.19. The highest BCUT2D eigenvalue weighted by Crippen LogP contribution is 2.27. The predicted molar refractivity (Wildman–Crippen MR) is 70.4 cm³/mol. The molecule has 0 aliphatic rings. The molecule has 0 radical (unpaired) electrons. The number of methoxy groups -OCH3 is 1. The Bertz CT molecular complexity index is 451. The zero-order chi connectivity index (χ0) is 13.7. The maximum absolute atomic E-state index is 12.4. The molecule has 1 aromatic rings. The molecule has 0 atom stereocenters. The average Bonchev–Trinajstić information content (AvgIpc) is 2.39. The number of carbonyl (C=O) groups excluding carboxylic acids is 2. The molecule has 0 spiro atoms. The van der Waals surface area contributed by atoms with Crippen molar-refractivity contribution in [3.63, 3.8) is 0 Å². The van der Waals surface area contributed by atoms with Gasteiger partial charge in [-0.1, -0.05) is 12.1 Å². The van der Waals surface area contributed by atoms with Crippen LogP contribution in [-0.4, -0.2) is 37.3 Å². The molecule has 0 saturated heterocycles. The first-order valence-corrected chi connectivity index (χ1v) is 6.02. The quantitative estimate of drug-likeness (QED) is 0.752. The van der Waals surface area contributed by atoms with E-state index in [4.69, 9.17) is 4.74 Å². The summed E-state index contributed by atoms with van der Waals surface area (Å²) in [5.74, 6) is 0.319. The molecule has 1 amide bonds. The Labute approximate surface area is 108 Å². The van der Waals surface area contributed by atoms with Gasteiger partial charge >= 0.3 is 0 Å². The van der Waals surface area contributed by atoms with Gasteiger partial charge in [-0.25, -0.2) is 0 Å². The molecule has 4 heteroatoms. The maximum atomic E-state index is 12.4. The van der Waals surface area contributed by atoms with Gasteiger partial charge in [-0.05, 0) is 26.3 Å². The number of hydrogen-bond acceptors (Lipinski definition) is 3. The van der Waals surface area contributed by atoms with Crippen LogP contribution in [0.3, 0.4) is 0 Å². The number of rotatable bonds is 5. The van der Waals surface area contributed by atoms with Gasteiger partial charge in [0.15, 0.2) is 6.29 Å². The lowest BCUT2D eigenvalue weighted by molar-refractivity contribution is 0.0766. The van der Waals surface area contributed by atoms with E-state index < -0.39 is 0 Å². The Kier molecular flexibility index (Phi) is 4.89. The van der Waals surface area contributed by atoms with Crippen LogP contribution in [0.2, 0.25) is 0 Å². The molecule has 0 unspecified atom stereocenters. The van der Waals surface area contributed by atoms with Gasteiger partial charge in [0, 0.05) is 18.7 Å². The summed E-state index contributed by atoms with van der Waals surface area (Å²) in [5.41, 5.74) is 1.57. The van der Waals surface area contributed by atoms with Crippen molar-refractivity contribution in [1.82, 2.24) is 4.90 Å². The maximum Gasteiger partial charge on any atom is 0.258 e. The summed E-state index contributed by atoms with van der Waals surface area (Å²) in [6.45, 7) is 6.87. The summed E-state index contributed by atoms with van der Waals surface area (Å²) in [4.78, 5) is 25.2. The molecule has 0 aromatic heterocycles. The van der Waals surface area contributed by atoms with Gasteiger partial charge in [0.1, 0.15) is 5.75 Å². The number of amides is 1. The molecule has 0 bridgehead atoms. The Hall–Kier alpha value is -1.84. The minimum absolute atomic E-state index is 0.164. The van der Waals surface area contributed by atoms with Gasteiger partial charge in [-0.3, -0.25) is 9.59 Å². The zero-order valence-electron chi connectivity index (χ0n) is 11.3. The topological polar surface area (TPSA) is 46.6 Å². The van der Waals surface area contributed by atoms with Crippen molar-refractivity contribution in [2.75, 3.05) is 20.2 Å². The fraction of sp³-hybridized carbons (Fsp3) is 0.429. The van der Waals surface area contributed by atoms with Crippen molar-refractivity contribution in [3.8, 4) is 5.75 Å². The number of aldehydes is 1. The second-order valence-electron chi connectivity index (χ2n) is 3.98. The zero-order valence-corrected chi connectivity index (χ0v) is 11.3. The van der Waals surface area contributed by atoms with E-state index >= 15 is 0 Å². The summed E-state index contributed by atoms with van der Waals surface area (Å²) in [5, 5.41) is 0. The predicted octanol–water partition coefficient (Wildman–Crippen LogP) is 2.30. The van der Waals surface area contributed by atoms with E-state index in [1.54, 1.807) is 17.0 Å². The van der Waals surface area contributed by atoms with E-state index in [2.05, 4.69) is 0 Å². The van der Waals surface area contributed by atoms with Crippen LogP contribution in [0, 0.1) is 6.92 Å². The molecule has 0 saturated carbocycles. The molecule has 98 valence electrons. The van der Waals surface area contributed by atoms with E-state index in [1.165, 1.54) is 7.11 Å². The van der Waals surface area contributed by atoms with Crippen LogP contribution in [0.15, 0.2) is 12.1 Å². The lowest BCUT2D eigenvalue weighted by Crippen LogP contribution is -2.31. The van der Waals surface area contributed by atoms with Crippen molar-refractivity contribution in [1.29, 1.82) is 0 Å². The summed E-state index contributed by atoms with van der Waals surface area (Å²) in [7, 11) is 1.51. The largest absolute Gasteiger partial charge is 0.496 e. The fourth-order valence-corrected chi connectivity index (χ4v) is 1.95. The third-order valence-electron chi connectivity index (χ3n) is 2.98. The van der Waals surface area contributed by atoms with Crippen molar-refractivity contribution in [3.05, 3.63) is 28.8 Å². The van der Waals surface area contributed by atoms with Gasteiger partial charge < -0.3 is 9.64 Å². The number of ether oxygens (including phenoxy) is 1. The fourth-order valence-electron chi connectivity index (χ4n) is 1.95. The van der Waals surface area contributed by atoms with Crippen LogP contribution in [0.4, 0.5) is 0 Å². The summed E-state index contributed by atoms with van der Waals surface area (Å²) >= 11 is 0. The number of aryl methyl sites for hydroxylation is 1. The van der Waals surface area contributed by atoms with Crippen LogP contribution < -0.4 is 4.74 Å². The average molecular weight is 249 g/mol. The normalized spacial score (nSPS) is 10.0. The van der Waals surface area contributed by atoms with Gasteiger partial charge in [0.05, 0.1) is 12.7 Å². The highest BCUT2D eigenvalue weighted by Gasteiger charge is 2.22. The molecule has 1 rings (SSSR count). The molecule has 0 fully saturated rings. The lowest BCUT2D eigenvalue weighted by Gasteiger charge is -2.21. The van der Waals surface area contributed by atoms with Crippen LogP contribution in [0.25, 0.3) is 0 Å². The van der Waals surface area contributed by atoms with Crippen molar-refractivity contribution in [2.24, 2.45) is 0 Å². The highest BCUT2D eigenvalue weighted by atomic mass is 16.5. The Morgan fingerprint density at radius 2 is 1.94 bits per heavy atom. The summed E-state index contributed by atoms with van der Waals surface area (Å²) < 4.78 is 5.27. The monoisotopic (exact) mass is 249 g/mol. The van der Waals surface area contributed by atoms with Gasteiger partial charge in [-0.2, -0.15) is 0 Å². The second-order valence-corrected chi connectivity index (χ2v) is 3.98. The van der Waals surface area contributed by atoms with Crippen LogP contribution >= 0.6 is 0 Å². The molecule has 1 aromatic carbocycles. The number of hydrogen-bond donors (Lipinski definition) is 0. The Morgan fingerprint density at radius 3 is 2.39 bits per heavy atom. The van der Waals surface area contributed by atoms with Crippen molar-refractivity contribution in [2.45, 2.75) is 20.8 Å². The number of carbonyl (C=O) groups is 2. The molecular formula is C14H19NO3. The molecule has 4 nitrogen and oxygen atoms in total. The van der Waals surface area contributed by atoms with E-state index in [0.717, 1.165) is 5.56 Å². The minimum Gasteiger partial charge on any atom is -0.496 e. The van der Waals surface area contributed by atoms with Crippen molar-refractivity contribution >= 4 is 12.2 Å². The third-order valence-corrected chi connectivity index (χ3v) is 2.98. The number of benzene rings is 1. The van der Waals surface area contributed by atoms with E-state index in [-0.39, 0.29) is 5.91 Å². The third kappa shape index (κ3) is 2.53. The number of nitrogens with zero attached hydrogens (tertiary/aromatic N) is 1. The van der Waals surface area contributed by atoms with E-state index in [9.17, 15) is 9.59 Å². The highest BCUT2D eigenvalue weighted by molar-refractivity contribution is 6.04.